The molecule has 3 N–H and O–H groups in total. The first-order valence-corrected chi connectivity index (χ1v) is 6.09. The fourth-order valence-electron chi connectivity index (χ4n) is 1.70. The third-order valence-corrected chi connectivity index (χ3v) is 2.95. The molecule has 0 unspecified atom stereocenters. The molecule has 1 amide bonds. The molecule has 0 bridgehead atoms. The molecule has 0 spiro atoms. The van der Waals surface area contributed by atoms with E-state index in [-0.39, 0.29) is 22.0 Å². The number of anilines is 2. The SMILES string of the molecule is COc1cccc(C(=O)Nc2ccc(Cl)cc2F)c1N. The van der Waals surface area contributed by atoms with Gasteiger partial charge in [-0.2, -0.15) is 0 Å². The lowest BCUT2D eigenvalue weighted by Gasteiger charge is -2.11. The van der Waals surface area contributed by atoms with E-state index in [0.29, 0.717) is 5.75 Å². The molecule has 0 atom stereocenters. The second-order valence-corrected chi connectivity index (χ2v) is 4.44. The molecule has 0 aliphatic heterocycles. The molecule has 4 nitrogen and oxygen atoms in total. The molecule has 2 aromatic carbocycles. The second-order valence-electron chi connectivity index (χ2n) is 4.00. The van der Waals surface area contributed by atoms with E-state index >= 15 is 0 Å². The van der Waals surface area contributed by atoms with Crippen LogP contribution in [-0.4, -0.2) is 13.0 Å². The van der Waals surface area contributed by atoms with E-state index in [1.165, 1.54) is 25.3 Å². The van der Waals surface area contributed by atoms with Crippen LogP contribution in [0.5, 0.6) is 5.75 Å². The summed E-state index contributed by atoms with van der Waals surface area (Å²) in [5.41, 5.74) is 6.24. The van der Waals surface area contributed by atoms with Gasteiger partial charge in [0.25, 0.3) is 5.91 Å². The molecule has 0 heterocycles. The van der Waals surface area contributed by atoms with Gasteiger partial charge in [-0.3, -0.25) is 4.79 Å². The van der Waals surface area contributed by atoms with E-state index in [4.69, 9.17) is 22.1 Å². The summed E-state index contributed by atoms with van der Waals surface area (Å²) in [6.07, 6.45) is 0. The average molecular weight is 295 g/mol. The van der Waals surface area contributed by atoms with Crippen molar-refractivity contribution in [1.82, 2.24) is 0 Å². The monoisotopic (exact) mass is 294 g/mol. The van der Waals surface area contributed by atoms with Gasteiger partial charge in [0.1, 0.15) is 11.6 Å². The molecule has 0 aliphatic carbocycles. The number of rotatable bonds is 3. The van der Waals surface area contributed by atoms with E-state index < -0.39 is 11.7 Å². The summed E-state index contributed by atoms with van der Waals surface area (Å²) < 4.78 is 18.6. The standard InChI is InChI=1S/C14H12ClFN2O2/c1-20-12-4-2-3-9(13(12)17)14(19)18-11-6-5-8(15)7-10(11)16/h2-7H,17H2,1H3,(H,18,19). The van der Waals surface area contributed by atoms with Crippen LogP contribution in [0.1, 0.15) is 10.4 Å². The molecule has 104 valence electrons. The minimum Gasteiger partial charge on any atom is -0.495 e. The number of benzene rings is 2. The van der Waals surface area contributed by atoms with Gasteiger partial charge in [-0.15, -0.1) is 0 Å². The van der Waals surface area contributed by atoms with Crippen molar-refractivity contribution in [3.63, 3.8) is 0 Å². The number of hydrogen-bond donors (Lipinski definition) is 2. The van der Waals surface area contributed by atoms with E-state index in [1.54, 1.807) is 12.1 Å². The number of nitrogens with one attached hydrogen (secondary N) is 1. The van der Waals surface area contributed by atoms with Gasteiger partial charge in [-0.25, -0.2) is 4.39 Å². The van der Waals surface area contributed by atoms with Gasteiger partial charge in [0.15, 0.2) is 0 Å². The highest BCUT2D eigenvalue weighted by molar-refractivity contribution is 6.30. The van der Waals surface area contributed by atoms with Crippen molar-refractivity contribution in [1.29, 1.82) is 0 Å². The lowest BCUT2D eigenvalue weighted by atomic mass is 10.1. The molecule has 0 radical (unpaired) electrons. The fourth-order valence-corrected chi connectivity index (χ4v) is 1.86. The summed E-state index contributed by atoms with van der Waals surface area (Å²) in [6, 6.07) is 8.77. The number of amides is 1. The summed E-state index contributed by atoms with van der Waals surface area (Å²) >= 11 is 5.65. The molecule has 0 aromatic heterocycles. The highest BCUT2D eigenvalue weighted by atomic mass is 35.5. The molecule has 0 fully saturated rings. The molecular weight excluding hydrogens is 283 g/mol. The maximum Gasteiger partial charge on any atom is 0.257 e. The normalized spacial score (nSPS) is 10.2. The molecule has 6 heteroatoms. The van der Waals surface area contributed by atoms with Gasteiger partial charge in [-0.1, -0.05) is 17.7 Å². The lowest BCUT2D eigenvalue weighted by molar-refractivity contribution is 0.102. The number of para-hydroxylation sites is 1. The maximum absolute atomic E-state index is 13.6. The Bertz CT molecular complexity index is 662. The average Bonchev–Trinajstić information content (AvgIpc) is 2.42. The zero-order chi connectivity index (χ0) is 14.7. The summed E-state index contributed by atoms with van der Waals surface area (Å²) in [6.45, 7) is 0. The zero-order valence-electron chi connectivity index (χ0n) is 10.6. The van der Waals surface area contributed by atoms with Crippen LogP contribution < -0.4 is 15.8 Å². The molecular formula is C14H12ClFN2O2. The predicted molar refractivity (Wildman–Crippen MR) is 76.8 cm³/mol. The number of nitrogens with two attached hydrogens (primary N) is 1. The Labute approximate surface area is 120 Å². The third-order valence-electron chi connectivity index (χ3n) is 2.71. The third kappa shape index (κ3) is 2.83. The number of carbonyl (C=O) groups is 1. The number of ether oxygens (including phenoxy) is 1. The molecule has 2 aromatic rings. The predicted octanol–water partition coefficient (Wildman–Crippen LogP) is 3.32. The van der Waals surface area contributed by atoms with Gasteiger partial charge in [-0.05, 0) is 30.3 Å². The summed E-state index contributed by atoms with van der Waals surface area (Å²) in [7, 11) is 1.45. The first-order chi connectivity index (χ1) is 9.52. The quantitative estimate of drug-likeness (QED) is 0.854. The first kappa shape index (κ1) is 14.1. The van der Waals surface area contributed by atoms with Crippen molar-refractivity contribution in [2.45, 2.75) is 0 Å². The molecule has 0 saturated heterocycles. The van der Waals surface area contributed by atoms with Crippen LogP contribution in [0.2, 0.25) is 5.02 Å². The van der Waals surface area contributed by atoms with Crippen LogP contribution in [0, 0.1) is 5.82 Å². The highest BCUT2D eigenvalue weighted by Gasteiger charge is 2.14. The van der Waals surface area contributed by atoms with Crippen LogP contribution >= 0.6 is 11.6 Å². The van der Waals surface area contributed by atoms with E-state index in [0.717, 1.165) is 6.07 Å². The van der Waals surface area contributed by atoms with Gasteiger partial charge < -0.3 is 15.8 Å². The Morgan fingerprint density at radius 3 is 2.75 bits per heavy atom. The number of methoxy groups -OCH3 is 1. The summed E-state index contributed by atoms with van der Waals surface area (Å²) in [5, 5.41) is 2.69. The second kappa shape index (κ2) is 5.79. The van der Waals surface area contributed by atoms with Crippen molar-refractivity contribution in [3.05, 3.63) is 52.8 Å². The Morgan fingerprint density at radius 1 is 1.35 bits per heavy atom. The number of carbonyl (C=O) groups excluding carboxylic acids is 1. The van der Waals surface area contributed by atoms with Crippen LogP contribution in [0.15, 0.2) is 36.4 Å². The van der Waals surface area contributed by atoms with Crippen molar-refractivity contribution >= 4 is 28.9 Å². The van der Waals surface area contributed by atoms with E-state index in [2.05, 4.69) is 5.32 Å². The maximum atomic E-state index is 13.6. The number of halogens is 2. The Balaban J connectivity index is 2.28. The Kier molecular flexibility index (Phi) is 4.10. The first-order valence-electron chi connectivity index (χ1n) is 5.72. The van der Waals surface area contributed by atoms with Crippen LogP contribution in [-0.2, 0) is 0 Å². The van der Waals surface area contributed by atoms with Gasteiger partial charge >= 0.3 is 0 Å². The van der Waals surface area contributed by atoms with E-state index in [1.807, 2.05) is 0 Å². The summed E-state index contributed by atoms with van der Waals surface area (Å²) in [5.74, 6) is -0.760. The van der Waals surface area contributed by atoms with Crippen molar-refractivity contribution < 1.29 is 13.9 Å². The Morgan fingerprint density at radius 2 is 2.10 bits per heavy atom. The minimum atomic E-state index is -0.618. The van der Waals surface area contributed by atoms with Crippen LogP contribution in [0.25, 0.3) is 0 Å². The topological polar surface area (TPSA) is 64.3 Å². The van der Waals surface area contributed by atoms with Crippen LogP contribution in [0.4, 0.5) is 15.8 Å². The van der Waals surface area contributed by atoms with Crippen LogP contribution in [0.3, 0.4) is 0 Å². The van der Waals surface area contributed by atoms with Crippen molar-refractivity contribution in [2.75, 3.05) is 18.2 Å². The highest BCUT2D eigenvalue weighted by Crippen LogP contribution is 2.26. The minimum absolute atomic E-state index is 0.0293. The van der Waals surface area contributed by atoms with Gasteiger partial charge in [0.2, 0.25) is 0 Å². The van der Waals surface area contributed by atoms with Crippen molar-refractivity contribution in [3.8, 4) is 5.75 Å². The van der Waals surface area contributed by atoms with E-state index in [9.17, 15) is 9.18 Å². The number of hydrogen-bond acceptors (Lipinski definition) is 3. The van der Waals surface area contributed by atoms with Gasteiger partial charge in [0.05, 0.1) is 24.0 Å². The molecule has 20 heavy (non-hydrogen) atoms. The van der Waals surface area contributed by atoms with Gasteiger partial charge in [0, 0.05) is 5.02 Å². The van der Waals surface area contributed by atoms with Crippen molar-refractivity contribution in [2.24, 2.45) is 0 Å². The smallest absolute Gasteiger partial charge is 0.257 e. The summed E-state index contributed by atoms with van der Waals surface area (Å²) in [4.78, 5) is 12.1. The molecule has 0 aliphatic rings. The largest absolute Gasteiger partial charge is 0.495 e. The number of nitrogen functional groups attached to an aromatic ring is 1. The Hall–Kier alpha value is -2.27. The molecule has 0 saturated carbocycles. The lowest BCUT2D eigenvalue weighted by Crippen LogP contribution is -2.15. The molecule has 2 rings (SSSR count). The zero-order valence-corrected chi connectivity index (χ0v) is 11.4. The fraction of sp³-hybridized carbons (Fsp3) is 0.0714.